The summed E-state index contributed by atoms with van der Waals surface area (Å²) in [6, 6.07) is 0. The highest BCUT2D eigenvalue weighted by atomic mass is 79.9. The summed E-state index contributed by atoms with van der Waals surface area (Å²) in [5, 5.41) is 0. The first-order valence-electron chi connectivity index (χ1n) is 7.76. The van der Waals surface area contributed by atoms with E-state index in [0.29, 0.717) is 12.8 Å². The van der Waals surface area contributed by atoms with Gasteiger partial charge in [-0.3, -0.25) is 4.79 Å². The SMILES string of the molecule is COC(=O)CCCC#CC#CC=CCCCCCCC=CBr. The van der Waals surface area contributed by atoms with Crippen molar-refractivity contribution >= 4 is 21.9 Å². The van der Waals surface area contributed by atoms with Crippen LogP contribution in [0.1, 0.15) is 57.8 Å². The number of unbranched alkanes of at least 4 members (excludes halogenated alkanes) is 6. The Morgan fingerprint density at radius 1 is 1.05 bits per heavy atom. The number of rotatable bonds is 10. The van der Waals surface area contributed by atoms with Crippen molar-refractivity contribution in [3.63, 3.8) is 0 Å². The maximum absolute atomic E-state index is 10.8. The average molecular weight is 365 g/mol. The molecule has 0 bridgehead atoms. The van der Waals surface area contributed by atoms with E-state index in [-0.39, 0.29) is 5.97 Å². The number of halogens is 1. The van der Waals surface area contributed by atoms with E-state index >= 15 is 0 Å². The van der Waals surface area contributed by atoms with E-state index in [4.69, 9.17) is 0 Å². The van der Waals surface area contributed by atoms with Crippen molar-refractivity contribution in [2.45, 2.75) is 57.8 Å². The Morgan fingerprint density at radius 3 is 2.45 bits per heavy atom. The fourth-order valence-electron chi connectivity index (χ4n) is 1.69. The summed E-state index contributed by atoms with van der Waals surface area (Å²) < 4.78 is 4.55. The molecule has 0 atom stereocenters. The zero-order chi connectivity index (χ0) is 16.3. The van der Waals surface area contributed by atoms with Gasteiger partial charge in [-0.1, -0.05) is 52.8 Å². The first kappa shape index (κ1) is 20.6. The zero-order valence-corrected chi connectivity index (χ0v) is 15.0. The third-order valence-electron chi connectivity index (χ3n) is 2.92. The van der Waals surface area contributed by atoms with Gasteiger partial charge in [-0.05, 0) is 55.0 Å². The van der Waals surface area contributed by atoms with Crippen molar-refractivity contribution in [3.05, 3.63) is 23.2 Å². The van der Waals surface area contributed by atoms with Gasteiger partial charge in [-0.2, -0.15) is 0 Å². The van der Waals surface area contributed by atoms with Crippen LogP contribution in [-0.4, -0.2) is 13.1 Å². The molecule has 0 unspecified atom stereocenters. The molecule has 0 rings (SSSR count). The maximum atomic E-state index is 10.8. The second kappa shape index (κ2) is 17.6. The number of esters is 1. The van der Waals surface area contributed by atoms with Gasteiger partial charge in [0.25, 0.3) is 0 Å². The number of methoxy groups -OCH3 is 1. The Balaban J connectivity index is 3.48. The number of carbonyl (C=O) groups is 1. The van der Waals surface area contributed by atoms with Crippen LogP contribution >= 0.6 is 15.9 Å². The number of hydrogen-bond donors (Lipinski definition) is 0. The molecule has 0 aromatic carbocycles. The molecule has 0 aromatic heterocycles. The van der Waals surface area contributed by atoms with E-state index in [9.17, 15) is 4.79 Å². The van der Waals surface area contributed by atoms with Gasteiger partial charge >= 0.3 is 5.97 Å². The monoisotopic (exact) mass is 364 g/mol. The van der Waals surface area contributed by atoms with Crippen LogP contribution in [0.3, 0.4) is 0 Å². The number of allylic oxidation sites excluding steroid dienone is 3. The second-order valence-electron chi connectivity index (χ2n) is 4.76. The van der Waals surface area contributed by atoms with Crippen LogP contribution in [0.4, 0.5) is 0 Å². The Labute approximate surface area is 143 Å². The van der Waals surface area contributed by atoms with Crippen molar-refractivity contribution in [2.75, 3.05) is 7.11 Å². The summed E-state index contributed by atoms with van der Waals surface area (Å²) >= 11 is 3.27. The van der Waals surface area contributed by atoms with Crippen LogP contribution in [0.15, 0.2) is 23.2 Å². The summed E-state index contributed by atoms with van der Waals surface area (Å²) in [5.41, 5.74) is 0. The topological polar surface area (TPSA) is 26.3 Å². The summed E-state index contributed by atoms with van der Waals surface area (Å²) in [6.45, 7) is 0. The minimum Gasteiger partial charge on any atom is -0.469 e. The first-order valence-corrected chi connectivity index (χ1v) is 8.68. The molecule has 22 heavy (non-hydrogen) atoms. The molecule has 0 heterocycles. The van der Waals surface area contributed by atoms with Gasteiger partial charge in [0, 0.05) is 12.8 Å². The molecular weight excluding hydrogens is 340 g/mol. The summed E-state index contributed by atoms with van der Waals surface area (Å²) in [4.78, 5) is 12.8. The fourth-order valence-corrected chi connectivity index (χ4v) is 1.96. The van der Waals surface area contributed by atoms with Gasteiger partial charge in [0.05, 0.1) is 7.11 Å². The lowest BCUT2D eigenvalue weighted by atomic mass is 10.1. The van der Waals surface area contributed by atoms with Crippen LogP contribution in [0, 0.1) is 23.7 Å². The molecule has 0 radical (unpaired) electrons. The lowest BCUT2D eigenvalue weighted by Gasteiger charge is -1.95. The van der Waals surface area contributed by atoms with E-state index in [1.165, 1.54) is 32.8 Å². The molecule has 120 valence electrons. The minimum atomic E-state index is -0.185. The van der Waals surface area contributed by atoms with Gasteiger partial charge in [0.2, 0.25) is 0 Å². The third kappa shape index (κ3) is 16.6. The quantitative estimate of drug-likeness (QED) is 0.304. The summed E-state index contributed by atoms with van der Waals surface area (Å²) in [5.74, 6) is 11.2. The predicted octanol–water partition coefficient (Wildman–Crippen LogP) is 5.14. The fraction of sp³-hybridized carbons (Fsp3) is 0.526. The zero-order valence-electron chi connectivity index (χ0n) is 13.4. The first-order chi connectivity index (χ1) is 10.8. The Kier molecular flexibility index (Phi) is 16.4. The largest absolute Gasteiger partial charge is 0.469 e. The molecule has 3 heteroatoms. The maximum Gasteiger partial charge on any atom is 0.305 e. The Bertz CT molecular complexity index is 455. The molecule has 0 N–H and O–H groups in total. The lowest BCUT2D eigenvalue weighted by molar-refractivity contribution is -0.140. The highest BCUT2D eigenvalue weighted by Crippen LogP contribution is 2.06. The molecule has 0 aliphatic rings. The highest BCUT2D eigenvalue weighted by molar-refractivity contribution is 9.11. The molecular formula is C19H25BrO2. The van der Waals surface area contributed by atoms with Gasteiger partial charge < -0.3 is 4.74 Å². The summed E-state index contributed by atoms with van der Waals surface area (Å²) in [7, 11) is 1.40. The van der Waals surface area contributed by atoms with Crippen LogP contribution in [0.2, 0.25) is 0 Å². The van der Waals surface area contributed by atoms with Crippen molar-refractivity contribution in [1.82, 2.24) is 0 Å². The molecule has 0 aliphatic carbocycles. The Morgan fingerprint density at radius 2 is 1.77 bits per heavy atom. The molecule has 0 aliphatic heterocycles. The lowest BCUT2D eigenvalue weighted by Crippen LogP contribution is -1.98. The van der Waals surface area contributed by atoms with E-state index in [1.54, 1.807) is 0 Å². The van der Waals surface area contributed by atoms with Crippen molar-refractivity contribution in [3.8, 4) is 23.7 Å². The van der Waals surface area contributed by atoms with Gasteiger partial charge in [-0.25, -0.2) is 0 Å². The molecule has 0 saturated carbocycles. The van der Waals surface area contributed by atoms with Gasteiger partial charge in [0.15, 0.2) is 0 Å². The van der Waals surface area contributed by atoms with Crippen molar-refractivity contribution in [2.24, 2.45) is 0 Å². The predicted molar refractivity (Wildman–Crippen MR) is 96.3 cm³/mol. The number of carbonyl (C=O) groups excluding carboxylic acids is 1. The smallest absolute Gasteiger partial charge is 0.305 e. The molecule has 0 spiro atoms. The Hall–Kier alpha value is -1.45. The van der Waals surface area contributed by atoms with E-state index in [0.717, 1.165) is 19.3 Å². The average Bonchev–Trinajstić information content (AvgIpc) is 2.54. The number of hydrogen-bond acceptors (Lipinski definition) is 2. The number of ether oxygens (including phenoxy) is 1. The highest BCUT2D eigenvalue weighted by Gasteiger charge is 1.96. The van der Waals surface area contributed by atoms with Crippen molar-refractivity contribution in [1.29, 1.82) is 0 Å². The molecule has 0 fully saturated rings. The standard InChI is InChI=1S/C19H25BrO2/c1-22-19(21)17-15-13-11-9-7-5-3-2-4-6-8-10-12-14-16-18-20/h2-3,16,18H,4,6,8,10,12-15,17H2,1H3. The van der Waals surface area contributed by atoms with Crippen LogP contribution in [-0.2, 0) is 9.53 Å². The summed E-state index contributed by atoms with van der Waals surface area (Å²) in [6.07, 6.45) is 15.2. The van der Waals surface area contributed by atoms with E-state index in [1.807, 2.05) is 11.1 Å². The van der Waals surface area contributed by atoms with Gasteiger partial charge in [0.1, 0.15) is 0 Å². The normalized spacial score (nSPS) is 10.1. The minimum absolute atomic E-state index is 0.185. The van der Waals surface area contributed by atoms with Crippen LogP contribution in [0.25, 0.3) is 0 Å². The van der Waals surface area contributed by atoms with Crippen molar-refractivity contribution < 1.29 is 9.53 Å². The van der Waals surface area contributed by atoms with Gasteiger partial charge in [-0.15, -0.1) is 0 Å². The van der Waals surface area contributed by atoms with E-state index < -0.39 is 0 Å². The molecule has 0 amide bonds. The molecule has 0 aromatic rings. The molecule has 2 nitrogen and oxygen atoms in total. The van der Waals surface area contributed by atoms with Crippen LogP contribution in [0.5, 0.6) is 0 Å². The second-order valence-corrected chi connectivity index (χ2v) is 5.29. The van der Waals surface area contributed by atoms with Crippen LogP contribution < -0.4 is 0 Å². The molecule has 0 saturated heterocycles. The van der Waals surface area contributed by atoms with E-state index in [2.05, 4.69) is 56.5 Å². The third-order valence-corrected chi connectivity index (χ3v) is 3.29.